The second-order valence-electron chi connectivity index (χ2n) is 6.58. The molecule has 0 aliphatic heterocycles. The molecular formula is C15H20FN3O4. The summed E-state index contributed by atoms with van der Waals surface area (Å²) in [5.74, 6) is -0.862. The SMILES string of the molecule is CC(C)(C)OC(=O)NC1CC(Nc2ccc(F)c([N+](=O)[O-])c2)C1. The fraction of sp³-hybridized carbons (Fsp3) is 0.533. The quantitative estimate of drug-likeness (QED) is 0.655. The van der Waals surface area contributed by atoms with Crippen molar-refractivity contribution in [1.29, 1.82) is 0 Å². The van der Waals surface area contributed by atoms with Crippen molar-refractivity contribution in [2.75, 3.05) is 5.32 Å². The number of ether oxygens (including phenoxy) is 1. The van der Waals surface area contributed by atoms with Crippen molar-refractivity contribution < 1.29 is 18.8 Å². The van der Waals surface area contributed by atoms with Gasteiger partial charge in [0.25, 0.3) is 0 Å². The fourth-order valence-electron chi connectivity index (χ4n) is 2.31. The first-order valence-electron chi connectivity index (χ1n) is 7.34. The highest BCUT2D eigenvalue weighted by Gasteiger charge is 2.32. The molecule has 0 spiro atoms. The predicted molar refractivity (Wildman–Crippen MR) is 82.9 cm³/mol. The second kappa shape index (κ2) is 6.39. The van der Waals surface area contributed by atoms with E-state index in [4.69, 9.17) is 4.74 Å². The van der Waals surface area contributed by atoms with Crippen LogP contribution in [-0.2, 0) is 4.74 Å². The van der Waals surface area contributed by atoms with Gasteiger partial charge in [-0.05, 0) is 45.7 Å². The molecule has 0 radical (unpaired) electrons. The lowest BCUT2D eigenvalue weighted by Gasteiger charge is -2.37. The van der Waals surface area contributed by atoms with Crippen LogP contribution < -0.4 is 10.6 Å². The Balaban J connectivity index is 1.81. The molecule has 0 heterocycles. The second-order valence-corrected chi connectivity index (χ2v) is 6.58. The van der Waals surface area contributed by atoms with Gasteiger partial charge in [0.05, 0.1) is 4.92 Å². The van der Waals surface area contributed by atoms with Crippen molar-refractivity contribution in [3.05, 3.63) is 34.1 Å². The van der Waals surface area contributed by atoms with Crippen LogP contribution in [0, 0.1) is 15.9 Å². The molecule has 1 aromatic carbocycles. The smallest absolute Gasteiger partial charge is 0.407 e. The van der Waals surface area contributed by atoms with Crippen molar-refractivity contribution in [2.45, 2.75) is 51.3 Å². The number of nitro groups is 1. The zero-order valence-electron chi connectivity index (χ0n) is 13.3. The summed E-state index contributed by atoms with van der Waals surface area (Å²) in [4.78, 5) is 21.6. The molecule has 8 heteroatoms. The molecule has 1 amide bonds. The van der Waals surface area contributed by atoms with Crippen LogP contribution in [0.2, 0.25) is 0 Å². The number of nitrogens with zero attached hydrogens (tertiary/aromatic N) is 1. The zero-order chi connectivity index (χ0) is 17.2. The fourth-order valence-corrected chi connectivity index (χ4v) is 2.31. The van der Waals surface area contributed by atoms with Crippen molar-refractivity contribution in [1.82, 2.24) is 5.32 Å². The van der Waals surface area contributed by atoms with Gasteiger partial charge in [0.15, 0.2) is 0 Å². The lowest BCUT2D eigenvalue weighted by molar-refractivity contribution is -0.387. The van der Waals surface area contributed by atoms with E-state index < -0.39 is 28.1 Å². The maximum Gasteiger partial charge on any atom is 0.407 e. The first-order valence-corrected chi connectivity index (χ1v) is 7.34. The third-order valence-electron chi connectivity index (χ3n) is 3.37. The van der Waals surface area contributed by atoms with Crippen LogP contribution in [0.4, 0.5) is 20.6 Å². The number of carbonyl (C=O) groups excluding carboxylic acids is 1. The van der Waals surface area contributed by atoms with E-state index in [9.17, 15) is 19.3 Å². The van der Waals surface area contributed by atoms with Gasteiger partial charge >= 0.3 is 11.8 Å². The highest BCUT2D eigenvalue weighted by molar-refractivity contribution is 5.68. The normalized spacial score (nSPS) is 20.3. The molecule has 0 saturated heterocycles. The summed E-state index contributed by atoms with van der Waals surface area (Å²) in [6, 6.07) is 3.76. The van der Waals surface area contributed by atoms with Crippen LogP contribution in [0.3, 0.4) is 0 Å². The molecule has 1 aromatic rings. The molecule has 0 atom stereocenters. The lowest BCUT2D eigenvalue weighted by atomic mass is 9.86. The molecule has 1 saturated carbocycles. The number of amides is 1. The summed E-state index contributed by atoms with van der Waals surface area (Å²) in [5.41, 5.74) is -0.616. The Morgan fingerprint density at radius 1 is 1.35 bits per heavy atom. The van der Waals surface area contributed by atoms with Gasteiger partial charge in [-0.2, -0.15) is 4.39 Å². The van der Waals surface area contributed by atoms with Gasteiger partial charge in [0.2, 0.25) is 5.82 Å². The topological polar surface area (TPSA) is 93.5 Å². The highest BCUT2D eigenvalue weighted by atomic mass is 19.1. The number of alkyl carbamates (subject to hydrolysis) is 1. The van der Waals surface area contributed by atoms with Crippen molar-refractivity contribution >= 4 is 17.5 Å². The van der Waals surface area contributed by atoms with Crippen molar-refractivity contribution in [3.63, 3.8) is 0 Å². The van der Waals surface area contributed by atoms with E-state index >= 15 is 0 Å². The standard InChI is InChI=1S/C15H20FN3O4/c1-15(2,3)23-14(20)18-11-6-10(7-11)17-9-4-5-12(16)13(8-9)19(21)22/h4-5,8,10-11,17H,6-7H2,1-3H3,(H,18,20). The molecule has 2 N–H and O–H groups in total. The van der Waals surface area contributed by atoms with Gasteiger partial charge < -0.3 is 15.4 Å². The predicted octanol–water partition coefficient (Wildman–Crippen LogP) is 3.20. The van der Waals surface area contributed by atoms with E-state index in [1.54, 1.807) is 20.8 Å². The molecule has 1 aliphatic rings. The zero-order valence-corrected chi connectivity index (χ0v) is 13.3. The molecule has 0 aromatic heterocycles. The Hall–Kier alpha value is -2.38. The minimum Gasteiger partial charge on any atom is -0.444 e. The minimum atomic E-state index is -0.862. The number of anilines is 1. The van der Waals surface area contributed by atoms with Gasteiger partial charge in [0, 0.05) is 23.8 Å². The molecule has 0 unspecified atom stereocenters. The Morgan fingerprint density at radius 2 is 2.00 bits per heavy atom. The van der Waals surface area contributed by atoms with E-state index in [-0.39, 0.29) is 12.1 Å². The molecule has 23 heavy (non-hydrogen) atoms. The molecular weight excluding hydrogens is 305 g/mol. The number of hydrogen-bond acceptors (Lipinski definition) is 5. The largest absolute Gasteiger partial charge is 0.444 e. The Bertz CT molecular complexity index is 609. The maximum atomic E-state index is 13.3. The van der Waals surface area contributed by atoms with Gasteiger partial charge in [-0.1, -0.05) is 0 Å². The van der Waals surface area contributed by atoms with E-state index in [1.807, 2.05) is 0 Å². The van der Waals surface area contributed by atoms with Gasteiger partial charge in [-0.25, -0.2) is 4.79 Å². The van der Waals surface area contributed by atoms with Crippen LogP contribution in [0.5, 0.6) is 0 Å². The first-order chi connectivity index (χ1) is 10.6. The molecule has 1 aliphatic carbocycles. The average Bonchev–Trinajstić information content (AvgIpc) is 2.35. The number of halogens is 1. The molecule has 7 nitrogen and oxygen atoms in total. The number of rotatable bonds is 4. The van der Waals surface area contributed by atoms with Gasteiger partial charge in [-0.15, -0.1) is 0 Å². The summed E-state index contributed by atoms with van der Waals surface area (Å²) in [6.07, 6.45) is 0.882. The molecule has 1 fully saturated rings. The van der Waals surface area contributed by atoms with Crippen molar-refractivity contribution in [3.8, 4) is 0 Å². The van der Waals surface area contributed by atoms with E-state index in [0.29, 0.717) is 18.5 Å². The Kier molecular flexibility index (Phi) is 4.72. The molecule has 0 bridgehead atoms. The number of benzene rings is 1. The van der Waals surface area contributed by atoms with E-state index in [1.165, 1.54) is 12.1 Å². The van der Waals surface area contributed by atoms with Crippen LogP contribution in [0.15, 0.2) is 18.2 Å². The molecule has 126 valence electrons. The minimum absolute atomic E-state index is 0.00205. The number of hydrogen-bond donors (Lipinski definition) is 2. The first kappa shape index (κ1) is 17.0. The summed E-state index contributed by atoms with van der Waals surface area (Å²) in [7, 11) is 0. The van der Waals surface area contributed by atoms with E-state index in [2.05, 4.69) is 10.6 Å². The summed E-state index contributed by atoms with van der Waals surface area (Å²) in [5, 5.41) is 16.6. The van der Waals surface area contributed by atoms with Gasteiger partial charge in [-0.3, -0.25) is 10.1 Å². The van der Waals surface area contributed by atoms with Crippen LogP contribution in [-0.4, -0.2) is 28.7 Å². The summed E-state index contributed by atoms with van der Waals surface area (Å²) >= 11 is 0. The number of nitro benzene ring substituents is 1. The monoisotopic (exact) mass is 325 g/mol. The summed E-state index contributed by atoms with van der Waals surface area (Å²) < 4.78 is 18.4. The van der Waals surface area contributed by atoms with Crippen molar-refractivity contribution in [2.24, 2.45) is 0 Å². The third kappa shape index (κ3) is 4.80. The average molecular weight is 325 g/mol. The highest BCUT2D eigenvalue weighted by Crippen LogP contribution is 2.27. The van der Waals surface area contributed by atoms with E-state index in [0.717, 1.165) is 6.07 Å². The lowest BCUT2D eigenvalue weighted by Crippen LogP contribution is -2.50. The number of carbonyl (C=O) groups is 1. The van der Waals surface area contributed by atoms with Crippen LogP contribution >= 0.6 is 0 Å². The summed E-state index contributed by atoms with van der Waals surface area (Å²) in [6.45, 7) is 5.37. The number of nitrogens with one attached hydrogen (secondary N) is 2. The maximum absolute atomic E-state index is 13.3. The Morgan fingerprint density at radius 3 is 2.57 bits per heavy atom. The van der Waals surface area contributed by atoms with Crippen LogP contribution in [0.1, 0.15) is 33.6 Å². The van der Waals surface area contributed by atoms with Gasteiger partial charge in [0.1, 0.15) is 5.60 Å². The molecule has 2 rings (SSSR count). The Labute approximate surface area is 133 Å². The third-order valence-corrected chi connectivity index (χ3v) is 3.37. The van der Waals surface area contributed by atoms with Crippen LogP contribution in [0.25, 0.3) is 0 Å².